The van der Waals surface area contributed by atoms with Gasteiger partial charge in [-0.3, -0.25) is 0 Å². The van der Waals surface area contributed by atoms with E-state index in [1.165, 1.54) is 6.42 Å². The largest absolute Gasteiger partial charge is 0.353 e. The van der Waals surface area contributed by atoms with E-state index in [0.29, 0.717) is 11.9 Å². The van der Waals surface area contributed by atoms with Crippen molar-refractivity contribution in [3.63, 3.8) is 0 Å². The van der Waals surface area contributed by atoms with Crippen LogP contribution in [-0.4, -0.2) is 17.6 Å². The molecule has 3 atom stereocenters. The summed E-state index contributed by atoms with van der Waals surface area (Å²) >= 11 is 5.79. The molecule has 0 spiro atoms. The van der Waals surface area contributed by atoms with Crippen LogP contribution in [0.5, 0.6) is 0 Å². The van der Waals surface area contributed by atoms with Crippen molar-refractivity contribution in [2.75, 3.05) is 11.4 Å². The highest BCUT2D eigenvalue weighted by Gasteiger charge is 2.29. The summed E-state index contributed by atoms with van der Waals surface area (Å²) < 4.78 is 0. The SMILES string of the molecule is CC1CC(C)C(C)N(c2ccc(CCl)cn2)C1. The minimum Gasteiger partial charge on any atom is -0.353 e. The van der Waals surface area contributed by atoms with Crippen molar-refractivity contribution in [2.24, 2.45) is 11.8 Å². The van der Waals surface area contributed by atoms with Crippen LogP contribution in [-0.2, 0) is 5.88 Å². The average Bonchev–Trinajstić information content (AvgIpc) is 2.34. The third-order valence-electron chi connectivity index (χ3n) is 3.86. The van der Waals surface area contributed by atoms with Crippen LogP contribution < -0.4 is 4.90 Å². The van der Waals surface area contributed by atoms with E-state index in [1.54, 1.807) is 0 Å². The van der Waals surface area contributed by atoms with Crippen molar-refractivity contribution in [3.8, 4) is 0 Å². The molecule has 17 heavy (non-hydrogen) atoms. The van der Waals surface area contributed by atoms with Gasteiger partial charge in [0.1, 0.15) is 5.82 Å². The van der Waals surface area contributed by atoms with E-state index in [4.69, 9.17) is 11.6 Å². The quantitative estimate of drug-likeness (QED) is 0.747. The number of hydrogen-bond acceptors (Lipinski definition) is 2. The van der Waals surface area contributed by atoms with Gasteiger partial charge in [-0.15, -0.1) is 11.6 Å². The maximum atomic E-state index is 5.79. The van der Waals surface area contributed by atoms with Crippen molar-refractivity contribution in [1.29, 1.82) is 0 Å². The third kappa shape index (κ3) is 2.74. The molecule has 1 aliphatic heterocycles. The molecule has 0 radical (unpaired) electrons. The molecular weight excluding hydrogens is 232 g/mol. The van der Waals surface area contributed by atoms with Crippen LogP contribution in [0.3, 0.4) is 0 Å². The molecule has 1 fully saturated rings. The summed E-state index contributed by atoms with van der Waals surface area (Å²) in [6.45, 7) is 8.06. The van der Waals surface area contributed by atoms with Gasteiger partial charge >= 0.3 is 0 Å². The van der Waals surface area contributed by atoms with Gasteiger partial charge in [0.25, 0.3) is 0 Å². The second-order valence-corrected chi connectivity index (χ2v) is 5.64. The Morgan fingerprint density at radius 1 is 1.35 bits per heavy atom. The lowest BCUT2D eigenvalue weighted by Gasteiger charge is -2.41. The molecule has 1 aliphatic rings. The molecule has 3 unspecified atom stereocenters. The van der Waals surface area contributed by atoms with E-state index >= 15 is 0 Å². The summed E-state index contributed by atoms with van der Waals surface area (Å²) in [5.74, 6) is 3.10. The number of anilines is 1. The molecule has 1 aromatic heterocycles. The molecule has 2 heterocycles. The molecule has 0 amide bonds. The van der Waals surface area contributed by atoms with Crippen LogP contribution >= 0.6 is 11.6 Å². The van der Waals surface area contributed by atoms with E-state index in [1.807, 2.05) is 6.20 Å². The molecule has 0 aliphatic carbocycles. The molecular formula is C14H21ClN2. The van der Waals surface area contributed by atoms with Gasteiger partial charge in [-0.05, 0) is 36.8 Å². The molecule has 0 bridgehead atoms. The first-order chi connectivity index (χ1) is 8.11. The topological polar surface area (TPSA) is 16.1 Å². The predicted octanol–water partition coefficient (Wildman–Crippen LogP) is 3.69. The van der Waals surface area contributed by atoms with Crippen molar-refractivity contribution in [3.05, 3.63) is 23.9 Å². The monoisotopic (exact) mass is 252 g/mol. The minimum atomic E-state index is 0.537. The Morgan fingerprint density at radius 2 is 2.12 bits per heavy atom. The normalized spacial score (nSPS) is 29.4. The maximum absolute atomic E-state index is 5.79. The lowest BCUT2D eigenvalue weighted by Crippen LogP contribution is -2.46. The first-order valence-electron chi connectivity index (χ1n) is 6.39. The van der Waals surface area contributed by atoms with Crippen LogP contribution in [0.2, 0.25) is 0 Å². The number of pyridine rings is 1. The van der Waals surface area contributed by atoms with Gasteiger partial charge in [0, 0.05) is 24.7 Å². The maximum Gasteiger partial charge on any atom is 0.128 e. The highest BCUT2D eigenvalue weighted by atomic mass is 35.5. The fourth-order valence-corrected chi connectivity index (χ4v) is 2.84. The molecule has 0 aromatic carbocycles. The summed E-state index contributed by atoms with van der Waals surface area (Å²) in [6, 6.07) is 4.74. The van der Waals surface area contributed by atoms with Crippen molar-refractivity contribution in [2.45, 2.75) is 39.1 Å². The molecule has 1 aromatic rings. The Morgan fingerprint density at radius 3 is 2.71 bits per heavy atom. The van der Waals surface area contributed by atoms with E-state index in [-0.39, 0.29) is 0 Å². The lowest BCUT2D eigenvalue weighted by atomic mass is 9.86. The van der Waals surface area contributed by atoms with Crippen LogP contribution in [0, 0.1) is 11.8 Å². The van der Waals surface area contributed by atoms with E-state index in [9.17, 15) is 0 Å². The summed E-state index contributed by atoms with van der Waals surface area (Å²) in [6.07, 6.45) is 3.20. The van der Waals surface area contributed by atoms with Crippen molar-refractivity contribution < 1.29 is 0 Å². The van der Waals surface area contributed by atoms with Gasteiger partial charge in [-0.25, -0.2) is 4.98 Å². The van der Waals surface area contributed by atoms with Crippen molar-refractivity contribution in [1.82, 2.24) is 4.98 Å². The van der Waals surface area contributed by atoms with Crippen LogP contribution in [0.25, 0.3) is 0 Å². The fourth-order valence-electron chi connectivity index (χ4n) is 2.68. The Kier molecular flexibility index (Phi) is 3.93. The standard InChI is InChI=1S/C14H21ClN2/c1-10-6-11(2)12(3)17(9-10)14-5-4-13(7-15)8-16-14/h4-5,8,10-12H,6-7,9H2,1-3H3. The predicted molar refractivity (Wildman–Crippen MR) is 73.5 cm³/mol. The number of alkyl halides is 1. The number of aromatic nitrogens is 1. The lowest BCUT2D eigenvalue weighted by molar-refractivity contribution is 0.295. The number of piperidine rings is 1. The highest BCUT2D eigenvalue weighted by Crippen LogP contribution is 2.30. The first kappa shape index (κ1) is 12.7. The zero-order valence-corrected chi connectivity index (χ0v) is 11.6. The molecule has 3 heteroatoms. The Balaban J connectivity index is 2.19. The summed E-state index contributed by atoms with van der Waals surface area (Å²) in [7, 11) is 0. The highest BCUT2D eigenvalue weighted by molar-refractivity contribution is 6.17. The zero-order chi connectivity index (χ0) is 12.4. The van der Waals surface area contributed by atoms with Crippen molar-refractivity contribution >= 4 is 17.4 Å². The number of hydrogen-bond donors (Lipinski definition) is 0. The molecule has 2 rings (SSSR count). The van der Waals surface area contributed by atoms with E-state index in [0.717, 1.165) is 29.8 Å². The van der Waals surface area contributed by atoms with Gasteiger partial charge < -0.3 is 4.90 Å². The van der Waals surface area contributed by atoms with Gasteiger partial charge in [-0.1, -0.05) is 19.9 Å². The average molecular weight is 253 g/mol. The second kappa shape index (κ2) is 5.26. The number of rotatable bonds is 2. The molecule has 1 saturated heterocycles. The zero-order valence-electron chi connectivity index (χ0n) is 10.9. The second-order valence-electron chi connectivity index (χ2n) is 5.37. The fraction of sp³-hybridized carbons (Fsp3) is 0.643. The van der Waals surface area contributed by atoms with Gasteiger partial charge in [0.15, 0.2) is 0 Å². The molecule has 2 nitrogen and oxygen atoms in total. The van der Waals surface area contributed by atoms with E-state index in [2.05, 4.69) is 42.8 Å². The van der Waals surface area contributed by atoms with Gasteiger partial charge in [0.2, 0.25) is 0 Å². The number of nitrogens with zero attached hydrogens (tertiary/aromatic N) is 2. The Hall–Kier alpha value is -0.760. The minimum absolute atomic E-state index is 0.537. The Labute approximate surface area is 109 Å². The third-order valence-corrected chi connectivity index (χ3v) is 4.16. The summed E-state index contributed by atoms with van der Waals surface area (Å²) in [5, 5.41) is 0. The molecule has 94 valence electrons. The smallest absolute Gasteiger partial charge is 0.128 e. The first-order valence-corrected chi connectivity index (χ1v) is 6.92. The van der Waals surface area contributed by atoms with E-state index < -0.39 is 0 Å². The number of halogens is 1. The molecule has 0 N–H and O–H groups in total. The Bertz CT molecular complexity index is 363. The summed E-state index contributed by atoms with van der Waals surface area (Å²) in [4.78, 5) is 6.96. The van der Waals surface area contributed by atoms with Crippen LogP contribution in [0.4, 0.5) is 5.82 Å². The summed E-state index contributed by atoms with van der Waals surface area (Å²) in [5.41, 5.74) is 1.08. The van der Waals surface area contributed by atoms with Crippen LogP contribution in [0.1, 0.15) is 32.8 Å². The van der Waals surface area contributed by atoms with Gasteiger partial charge in [-0.2, -0.15) is 0 Å². The molecule has 0 saturated carbocycles. The van der Waals surface area contributed by atoms with Gasteiger partial charge in [0.05, 0.1) is 0 Å². The van der Waals surface area contributed by atoms with Crippen LogP contribution in [0.15, 0.2) is 18.3 Å².